The van der Waals surface area contributed by atoms with Crippen molar-refractivity contribution in [1.82, 2.24) is 4.37 Å². The number of halogens is 2. The number of nitrogens with one attached hydrogen (secondary N) is 1. The maximum Gasteiger partial charge on any atom is 1.00 e. The molecule has 0 spiro atoms. The first-order valence-corrected chi connectivity index (χ1v) is 15.1. The molecule has 5 rings (SSSR count). The smallest absolute Gasteiger partial charge is 0.549 e. The van der Waals surface area contributed by atoms with E-state index in [-0.39, 0.29) is 36.2 Å². The first kappa shape index (κ1) is 35.8. The van der Waals surface area contributed by atoms with Crippen LogP contribution in [0.4, 0.5) is 10.5 Å². The molecule has 0 saturated heterocycles. The minimum absolute atomic E-state index is 0. The van der Waals surface area contributed by atoms with Crippen molar-refractivity contribution in [3.8, 4) is 21.6 Å². The van der Waals surface area contributed by atoms with Crippen molar-refractivity contribution in [2.45, 2.75) is 59.5 Å². The van der Waals surface area contributed by atoms with Crippen LogP contribution in [-0.4, -0.2) is 16.4 Å². The summed E-state index contributed by atoms with van der Waals surface area (Å²) in [5.41, 5.74) is 4.32. The fourth-order valence-electron chi connectivity index (χ4n) is 4.19. The minimum Gasteiger partial charge on any atom is -0.549 e. The van der Waals surface area contributed by atoms with Gasteiger partial charge in [0.1, 0.15) is 6.61 Å². The van der Waals surface area contributed by atoms with Crippen LogP contribution in [0.25, 0.3) is 21.6 Å². The Hall–Kier alpha value is -2.39. The fraction of sp³-hybridized carbons (Fsp3) is 0.281. The van der Waals surface area contributed by atoms with Gasteiger partial charge in [-0.3, -0.25) is 5.32 Å². The second-order valence-corrected chi connectivity index (χ2v) is 10.5. The topological polar surface area (TPSA) is 91.4 Å². The minimum atomic E-state index is -1.02. The van der Waals surface area contributed by atoms with Crippen molar-refractivity contribution in [3.63, 3.8) is 0 Å². The van der Waals surface area contributed by atoms with Crippen molar-refractivity contribution in [2.75, 3.05) is 5.32 Å². The van der Waals surface area contributed by atoms with Gasteiger partial charge in [0.25, 0.3) is 0 Å². The molecule has 0 bridgehead atoms. The van der Waals surface area contributed by atoms with Gasteiger partial charge in [-0.05, 0) is 60.1 Å². The van der Waals surface area contributed by atoms with Gasteiger partial charge in [-0.2, -0.15) is 4.37 Å². The maximum absolute atomic E-state index is 12.5. The number of hydrogen-bond donors (Lipinski definition) is 1. The molecule has 1 N–H and O–H groups in total. The quantitative estimate of drug-likeness (QED) is 0.264. The van der Waals surface area contributed by atoms with Crippen LogP contribution in [0.5, 0.6) is 0 Å². The number of carboxylic acids is 1. The van der Waals surface area contributed by atoms with Gasteiger partial charge in [0.15, 0.2) is 0 Å². The Morgan fingerprint density at radius 1 is 0.952 bits per heavy atom. The Labute approximate surface area is 283 Å². The van der Waals surface area contributed by atoms with E-state index in [4.69, 9.17) is 27.9 Å². The number of carboxylic acid groups (broad SMARTS) is 1. The molecule has 42 heavy (non-hydrogen) atoms. The third-order valence-electron chi connectivity index (χ3n) is 6.53. The van der Waals surface area contributed by atoms with Crippen LogP contribution in [0.3, 0.4) is 0 Å². The van der Waals surface area contributed by atoms with Gasteiger partial charge in [0.2, 0.25) is 0 Å². The molecule has 3 aromatic carbocycles. The summed E-state index contributed by atoms with van der Waals surface area (Å²) in [4.78, 5) is 24.7. The third-order valence-corrected chi connectivity index (χ3v) is 8.18. The van der Waals surface area contributed by atoms with E-state index in [2.05, 4.69) is 9.69 Å². The largest absolute Gasteiger partial charge is 1.00 e. The predicted molar refractivity (Wildman–Crippen MR) is 167 cm³/mol. The zero-order chi connectivity index (χ0) is 30.2. The second-order valence-electron chi connectivity index (χ2n) is 8.91. The van der Waals surface area contributed by atoms with Crippen molar-refractivity contribution in [2.24, 2.45) is 0 Å². The van der Waals surface area contributed by atoms with Gasteiger partial charge in [-0.1, -0.05) is 105 Å². The second kappa shape index (κ2) is 16.5. The average Bonchev–Trinajstić information content (AvgIpc) is 3.74. The van der Waals surface area contributed by atoms with Crippen LogP contribution in [0.15, 0.2) is 66.7 Å². The van der Waals surface area contributed by atoms with Crippen LogP contribution in [0.1, 0.15) is 57.4 Å². The monoisotopic (exact) mass is 634 g/mol. The number of aromatic nitrogens is 1. The molecule has 1 aliphatic carbocycles. The molecule has 1 fully saturated rings. The summed E-state index contributed by atoms with van der Waals surface area (Å²) >= 11 is 14.0. The summed E-state index contributed by atoms with van der Waals surface area (Å²) in [6.07, 6.45) is 0.586. The van der Waals surface area contributed by atoms with Gasteiger partial charge in [-0.15, -0.1) is 0 Å². The van der Waals surface area contributed by atoms with Crippen LogP contribution in [0.2, 0.25) is 10.0 Å². The Morgan fingerprint density at radius 3 is 2.14 bits per heavy atom. The van der Waals surface area contributed by atoms with Crippen molar-refractivity contribution < 1.29 is 49.0 Å². The van der Waals surface area contributed by atoms with E-state index >= 15 is 0 Å². The van der Waals surface area contributed by atoms with Crippen LogP contribution in [-0.2, 0) is 21.6 Å². The Bertz CT molecular complexity index is 1500. The van der Waals surface area contributed by atoms with Gasteiger partial charge in [0, 0.05) is 26.6 Å². The summed E-state index contributed by atoms with van der Waals surface area (Å²) in [5, 5.41) is 15.3. The molecule has 1 amide bonds. The van der Waals surface area contributed by atoms with E-state index in [9.17, 15) is 14.7 Å². The molecule has 0 aliphatic heterocycles. The molecule has 1 aliphatic rings. The van der Waals surface area contributed by atoms with E-state index in [1.54, 1.807) is 19.1 Å². The zero-order valence-electron chi connectivity index (χ0n) is 24.7. The number of rotatable bonds is 7. The molecule has 10 heteroatoms. The maximum atomic E-state index is 12.5. The van der Waals surface area contributed by atoms with Gasteiger partial charge in [-0.25, -0.2) is 4.79 Å². The average molecular weight is 636 g/mol. The van der Waals surface area contributed by atoms with Crippen LogP contribution >= 0.6 is 34.7 Å². The first-order chi connectivity index (χ1) is 19.8. The number of anilines is 1. The Morgan fingerprint density at radius 2 is 1.57 bits per heavy atom. The number of aliphatic carboxylic acids is 1. The van der Waals surface area contributed by atoms with Crippen molar-refractivity contribution >= 4 is 52.5 Å². The third kappa shape index (κ3) is 8.16. The number of nitrogens with zero attached hydrogens (tertiary/aromatic N) is 1. The van der Waals surface area contributed by atoms with Crippen molar-refractivity contribution in [1.29, 1.82) is 0 Å². The number of ether oxygens (including phenoxy) is 1. The first-order valence-electron chi connectivity index (χ1n) is 13.5. The number of benzene rings is 3. The van der Waals surface area contributed by atoms with E-state index in [0.717, 1.165) is 22.3 Å². The van der Waals surface area contributed by atoms with E-state index < -0.39 is 17.5 Å². The number of carbonyl (C=O) groups excluding carboxylic acids is 2. The number of amides is 1. The SMILES string of the molecule is CC.CC.Cc1nsc(-c2ccc(-c3ccc(C4(C(=O)[O-])CC4)cc3)cc2Cl)c1NC(=O)OCc1ccccc1Cl.[Na+]. The summed E-state index contributed by atoms with van der Waals surface area (Å²) in [6.45, 7) is 9.84. The normalized spacial score (nSPS) is 12.4. The molecule has 4 aromatic rings. The standard InChI is InChI=1S/C28H22Cl2N2O4S.2C2H6.Na/c1-16-24(31-27(35)36-15-19-4-2-3-5-22(19)29)25(37-32-16)21-11-8-18(14-23(21)30)17-6-9-20(10-7-17)28(12-13-28)26(33)34;2*1-2;/h2-11,14H,12-13,15H2,1H3,(H,31,35)(H,33,34);2*1-2H3;/q;;;+1/p-1. The van der Waals surface area contributed by atoms with Gasteiger partial charge < -0.3 is 14.6 Å². The molecule has 1 aromatic heterocycles. The Balaban J connectivity index is 0.00000118. The summed E-state index contributed by atoms with van der Waals surface area (Å²) in [7, 11) is 0. The van der Waals surface area contributed by atoms with Crippen LogP contribution < -0.4 is 40.0 Å². The van der Waals surface area contributed by atoms with E-state index in [1.807, 2.05) is 82.3 Å². The molecule has 1 saturated carbocycles. The fourth-order valence-corrected chi connectivity index (χ4v) is 5.60. The van der Waals surface area contributed by atoms with Crippen LogP contribution in [0, 0.1) is 6.92 Å². The van der Waals surface area contributed by atoms with Crippen molar-refractivity contribution in [3.05, 3.63) is 93.6 Å². The Kier molecular flexibility index (Phi) is 14.0. The van der Waals surface area contributed by atoms with Gasteiger partial charge >= 0.3 is 35.7 Å². The zero-order valence-corrected chi connectivity index (χ0v) is 29.0. The molecule has 0 radical (unpaired) electrons. The summed E-state index contributed by atoms with van der Waals surface area (Å²) < 4.78 is 9.75. The summed E-state index contributed by atoms with van der Waals surface area (Å²) in [5.74, 6) is -1.02. The molecular formula is C32H33Cl2N2NaO4S. The molecular weight excluding hydrogens is 602 g/mol. The summed E-state index contributed by atoms with van der Waals surface area (Å²) in [6, 6.07) is 20.3. The molecule has 0 atom stereocenters. The van der Waals surface area contributed by atoms with E-state index in [1.165, 1.54) is 11.5 Å². The molecule has 6 nitrogen and oxygen atoms in total. The molecule has 1 heterocycles. The predicted octanol–water partition coefficient (Wildman–Crippen LogP) is 5.68. The molecule has 0 unspecified atom stereocenters. The number of carbonyl (C=O) groups is 2. The molecule has 216 valence electrons. The number of aryl methyl sites for hydroxylation is 1. The van der Waals surface area contributed by atoms with Gasteiger partial charge in [0.05, 0.1) is 22.2 Å². The van der Waals surface area contributed by atoms with E-state index in [0.29, 0.717) is 44.7 Å². The number of hydrogen-bond acceptors (Lipinski definition) is 6.